The van der Waals surface area contributed by atoms with Crippen LogP contribution in [-0.2, 0) is 13.0 Å². The molecular weight excluding hydrogens is 176 g/mol. The molecule has 0 bridgehead atoms. The van der Waals surface area contributed by atoms with Gasteiger partial charge in [-0.1, -0.05) is 20.8 Å². The number of aromatic nitrogens is 2. The van der Waals surface area contributed by atoms with Crippen molar-refractivity contribution in [3.05, 3.63) is 17.0 Å². The minimum atomic E-state index is 0.157. The first kappa shape index (κ1) is 11.2. The van der Waals surface area contributed by atoms with E-state index in [1.54, 1.807) is 0 Å². The van der Waals surface area contributed by atoms with Crippen molar-refractivity contribution in [2.24, 2.45) is 0 Å². The molecule has 1 N–H and O–H groups in total. The summed E-state index contributed by atoms with van der Waals surface area (Å²) in [4.78, 5) is 0. The van der Waals surface area contributed by atoms with Crippen molar-refractivity contribution < 1.29 is 5.11 Å². The Kier molecular flexibility index (Phi) is 3.69. The molecule has 3 nitrogen and oxygen atoms in total. The van der Waals surface area contributed by atoms with Crippen molar-refractivity contribution in [1.82, 2.24) is 9.78 Å². The Morgan fingerprint density at radius 1 is 1.43 bits per heavy atom. The number of rotatable bonds is 4. The van der Waals surface area contributed by atoms with Gasteiger partial charge < -0.3 is 5.11 Å². The summed E-state index contributed by atoms with van der Waals surface area (Å²) >= 11 is 0. The maximum atomic E-state index is 8.94. The van der Waals surface area contributed by atoms with Gasteiger partial charge in [0.1, 0.15) is 0 Å². The summed E-state index contributed by atoms with van der Waals surface area (Å²) in [6.45, 7) is 9.32. The van der Waals surface area contributed by atoms with Gasteiger partial charge in [0.2, 0.25) is 0 Å². The highest BCUT2D eigenvalue weighted by Gasteiger charge is 2.15. The van der Waals surface area contributed by atoms with Gasteiger partial charge in [-0.15, -0.1) is 0 Å². The lowest BCUT2D eigenvalue weighted by molar-refractivity contribution is 0.266. The van der Waals surface area contributed by atoms with E-state index in [9.17, 15) is 0 Å². The van der Waals surface area contributed by atoms with E-state index in [0.29, 0.717) is 12.5 Å². The van der Waals surface area contributed by atoms with Gasteiger partial charge in [-0.2, -0.15) is 5.10 Å². The van der Waals surface area contributed by atoms with E-state index < -0.39 is 0 Å². The number of hydrogen-bond acceptors (Lipinski definition) is 2. The highest BCUT2D eigenvalue weighted by molar-refractivity contribution is 5.27. The zero-order chi connectivity index (χ0) is 10.7. The van der Waals surface area contributed by atoms with E-state index in [1.807, 2.05) is 4.68 Å². The molecule has 3 heteroatoms. The SMILES string of the molecule is CCc1nn(CCO)c(C(C)C)c1C. The molecule has 1 heterocycles. The Balaban J connectivity index is 3.13. The topological polar surface area (TPSA) is 38.0 Å². The number of aryl methyl sites for hydroxylation is 1. The number of hydrogen-bond donors (Lipinski definition) is 1. The summed E-state index contributed by atoms with van der Waals surface area (Å²) in [6.07, 6.45) is 0.962. The second-order valence-corrected chi connectivity index (χ2v) is 3.91. The van der Waals surface area contributed by atoms with Crippen LogP contribution in [0, 0.1) is 6.92 Å². The minimum absolute atomic E-state index is 0.157. The number of aliphatic hydroxyl groups excluding tert-OH is 1. The maximum Gasteiger partial charge on any atom is 0.0654 e. The van der Waals surface area contributed by atoms with Gasteiger partial charge in [0.15, 0.2) is 0 Å². The van der Waals surface area contributed by atoms with Crippen LogP contribution in [-0.4, -0.2) is 21.5 Å². The van der Waals surface area contributed by atoms with Crippen LogP contribution >= 0.6 is 0 Å². The van der Waals surface area contributed by atoms with Crippen molar-refractivity contribution in [2.45, 2.75) is 46.6 Å². The molecule has 0 fully saturated rings. The smallest absolute Gasteiger partial charge is 0.0654 e. The minimum Gasteiger partial charge on any atom is -0.394 e. The standard InChI is InChI=1S/C11H20N2O/c1-5-10-9(4)11(8(2)3)13(12-10)6-7-14/h8,14H,5-7H2,1-4H3. The molecule has 0 spiro atoms. The molecule has 0 amide bonds. The fraction of sp³-hybridized carbons (Fsp3) is 0.727. The Morgan fingerprint density at radius 2 is 2.07 bits per heavy atom. The Bertz CT molecular complexity index is 302. The normalized spacial score (nSPS) is 11.3. The molecule has 0 aliphatic rings. The highest BCUT2D eigenvalue weighted by Crippen LogP contribution is 2.22. The van der Waals surface area contributed by atoms with Gasteiger partial charge >= 0.3 is 0 Å². The molecule has 0 saturated heterocycles. The molecule has 0 radical (unpaired) electrons. The summed E-state index contributed by atoms with van der Waals surface area (Å²) in [5, 5.41) is 13.4. The highest BCUT2D eigenvalue weighted by atomic mass is 16.3. The van der Waals surface area contributed by atoms with E-state index >= 15 is 0 Å². The van der Waals surface area contributed by atoms with Crippen LogP contribution in [0.1, 0.15) is 43.6 Å². The molecule has 0 unspecified atom stereocenters. The van der Waals surface area contributed by atoms with Crippen LogP contribution in [0.2, 0.25) is 0 Å². The lowest BCUT2D eigenvalue weighted by Crippen LogP contribution is -2.09. The fourth-order valence-corrected chi connectivity index (χ4v) is 1.95. The first-order chi connectivity index (χ1) is 6.61. The zero-order valence-corrected chi connectivity index (χ0v) is 9.54. The van der Waals surface area contributed by atoms with Gasteiger partial charge in [-0.25, -0.2) is 0 Å². The Hall–Kier alpha value is -0.830. The van der Waals surface area contributed by atoms with Crippen molar-refractivity contribution in [3.8, 4) is 0 Å². The van der Waals surface area contributed by atoms with Crippen LogP contribution in [0.3, 0.4) is 0 Å². The molecule has 0 aromatic carbocycles. The molecular formula is C11H20N2O. The first-order valence-electron chi connectivity index (χ1n) is 5.28. The average molecular weight is 196 g/mol. The second-order valence-electron chi connectivity index (χ2n) is 3.91. The average Bonchev–Trinajstić information content (AvgIpc) is 2.43. The van der Waals surface area contributed by atoms with E-state index in [-0.39, 0.29) is 6.61 Å². The molecule has 0 aliphatic heterocycles. The van der Waals surface area contributed by atoms with E-state index in [1.165, 1.54) is 11.3 Å². The lowest BCUT2D eigenvalue weighted by Gasteiger charge is -2.09. The van der Waals surface area contributed by atoms with Crippen molar-refractivity contribution >= 4 is 0 Å². The van der Waals surface area contributed by atoms with E-state index in [0.717, 1.165) is 12.1 Å². The van der Waals surface area contributed by atoms with Crippen molar-refractivity contribution in [3.63, 3.8) is 0 Å². The predicted molar refractivity (Wildman–Crippen MR) is 57.5 cm³/mol. The van der Waals surface area contributed by atoms with Gasteiger partial charge in [-0.05, 0) is 24.8 Å². The Morgan fingerprint density at radius 3 is 2.50 bits per heavy atom. The molecule has 1 rings (SSSR count). The molecule has 0 saturated carbocycles. The van der Waals surface area contributed by atoms with Crippen LogP contribution in [0.25, 0.3) is 0 Å². The summed E-state index contributed by atoms with van der Waals surface area (Å²) in [5.74, 6) is 0.467. The number of nitrogens with zero attached hydrogens (tertiary/aromatic N) is 2. The van der Waals surface area contributed by atoms with Crippen LogP contribution in [0.4, 0.5) is 0 Å². The van der Waals surface area contributed by atoms with Gasteiger partial charge in [0, 0.05) is 5.69 Å². The number of aliphatic hydroxyl groups is 1. The zero-order valence-electron chi connectivity index (χ0n) is 9.54. The largest absolute Gasteiger partial charge is 0.394 e. The van der Waals surface area contributed by atoms with Crippen molar-refractivity contribution in [2.75, 3.05) is 6.61 Å². The van der Waals surface area contributed by atoms with Crippen LogP contribution in [0.15, 0.2) is 0 Å². The molecule has 80 valence electrons. The summed E-state index contributed by atoms with van der Waals surface area (Å²) in [5.41, 5.74) is 3.70. The molecule has 14 heavy (non-hydrogen) atoms. The maximum absolute atomic E-state index is 8.94. The third kappa shape index (κ3) is 1.98. The molecule has 0 aliphatic carbocycles. The third-order valence-corrected chi connectivity index (χ3v) is 2.53. The van der Waals surface area contributed by atoms with Gasteiger partial charge in [-0.3, -0.25) is 4.68 Å². The Labute approximate surface area is 85.8 Å². The summed E-state index contributed by atoms with van der Waals surface area (Å²) in [7, 11) is 0. The first-order valence-corrected chi connectivity index (χ1v) is 5.28. The molecule has 0 atom stereocenters. The van der Waals surface area contributed by atoms with Crippen molar-refractivity contribution in [1.29, 1.82) is 0 Å². The third-order valence-electron chi connectivity index (χ3n) is 2.53. The second kappa shape index (κ2) is 4.60. The van der Waals surface area contributed by atoms with E-state index in [4.69, 9.17) is 5.11 Å². The van der Waals surface area contributed by atoms with Gasteiger partial charge in [0.05, 0.1) is 18.8 Å². The summed E-state index contributed by atoms with van der Waals surface area (Å²) < 4.78 is 1.94. The van der Waals surface area contributed by atoms with Crippen LogP contribution in [0.5, 0.6) is 0 Å². The quantitative estimate of drug-likeness (QED) is 0.798. The summed E-state index contributed by atoms with van der Waals surface area (Å²) in [6, 6.07) is 0. The lowest BCUT2D eigenvalue weighted by atomic mass is 10.0. The monoisotopic (exact) mass is 196 g/mol. The van der Waals surface area contributed by atoms with Gasteiger partial charge in [0.25, 0.3) is 0 Å². The fourth-order valence-electron chi connectivity index (χ4n) is 1.95. The predicted octanol–water partition coefficient (Wildman–Crippen LogP) is 1.87. The molecule has 1 aromatic heterocycles. The van der Waals surface area contributed by atoms with E-state index in [2.05, 4.69) is 32.8 Å². The molecule has 1 aromatic rings. The van der Waals surface area contributed by atoms with Crippen LogP contribution < -0.4 is 0 Å².